The first-order valence-electron chi connectivity index (χ1n) is 10.9. The van der Waals surface area contributed by atoms with Crippen molar-refractivity contribution in [2.75, 3.05) is 35.7 Å². The number of hydrogen-bond acceptors (Lipinski definition) is 9. The lowest BCUT2D eigenvalue weighted by Crippen LogP contribution is -2.44. The Morgan fingerprint density at radius 1 is 1.18 bits per heavy atom. The van der Waals surface area contributed by atoms with Crippen LogP contribution in [0.1, 0.15) is 30.0 Å². The lowest BCUT2D eigenvalue weighted by Gasteiger charge is -2.42. The zero-order chi connectivity index (χ0) is 24.0. The van der Waals surface area contributed by atoms with Crippen LogP contribution in [0.25, 0.3) is 0 Å². The lowest BCUT2D eigenvalue weighted by molar-refractivity contribution is 0.187. The third kappa shape index (κ3) is 4.13. The molecular formula is C23H26ClN7OS2. The summed E-state index contributed by atoms with van der Waals surface area (Å²) in [5.74, 6) is 1.37. The van der Waals surface area contributed by atoms with Crippen molar-refractivity contribution in [3.63, 3.8) is 0 Å². The van der Waals surface area contributed by atoms with E-state index in [4.69, 9.17) is 28.8 Å². The number of rotatable bonds is 4. The second-order valence-corrected chi connectivity index (χ2v) is 11.6. The normalized spacial score (nSPS) is 19.9. The molecular weight excluding hydrogens is 490 g/mol. The van der Waals surface area contributed by atoms with Crippen LogP contribution in [0.2, 0.25) is 5.02 Å². The van der Waals surface area contributed by atoms with Gasteiger partial charge in [0.25, 0.3) is 0 Å². The van der Waals surface area contributed by atoms with E-state index in [0.717, 1.165) is 53.5 Å². The molecule has 1 aromatic carbocycles. The zero-order valence-electron chi connectivity index (χ0n) is 18.7. The van der Waals surface area contributed by atoms with Gasteiger partial charge < -0.3 is 22.1 Å². The van der Waals surface area contributed by atoms with Crippen molar-refractivity contribution < 1.29 is 4.21 Å². The van der Waals surface area contributed by atoms with E-state index < -0.39 is 10.8 Å². The van der Waals surface area contributed by atoms with E-state index in [9.17, 15) is 4.21 Å². The Hall–Kier alpha value is -2.40. The molecule has 1 spiro atoms. The molecule has 0 saturated carbocycles. The van der Waals surface area contributed by atoms with Crippen molar-refractivity contribution in [2.45, 2.75) is 40.1 Å². The van der Waals surface area contributed by atoms with Gasteiger partial charge in [-0.05, 0) is 54.0 Å². The minimum Gasteiger partial charge on any atom is -0.382 e. The number of hydrogen-bond donors (Lipinski definition) is 3. The Labute approximate surface area is 210 Å². The Kier molecular flexibility index (Phi) is 6.18. The summed E-state index contributed by atoms with van der Waals surface area (Å²) in [7, 11) is -1.01. The van der Waals surface area contributed by atoms with Crippen LogP contribution < -0.4 is 22.1 Å². The predicted octanol–water partition coefficient (Wildman–Crippen LogP) is 3.42. The van der Waals surface area contributed by atoms with E-state index in [0.29, 0.717) is 15.9 Å². The highest BCUT2D eigenvalue weighted by molar-refractivity contribution is 7.99. The highest BCUT2D eigenvalue weighted by atomic mass is 35.5. The molecule has 1 aliphatic carbocycles. The average molecular weight is 516 g/mol. The number of nitrogens with two attached hydrogens (primary N) is 3. The van der Waals surface area contributed by atoms with E-state index in [2.05, 4.69) is 25.9 Å². The summed E-state index contributed by atoms with van der Waals surface area (Å²) in [6, 6.07) is 7.80. The van der Waals surface area contributed by atoms with Crippen LogP contribution in [0.15, 0.2) is 51.5 Å². The SMILES string of the molecule is CS(=O)c1ccc2c(c1)[C@@H](N)C1(CCN(c3cnc(Sc4ccnc(N)c4Cl)c(N)n3)CC1)C2. The molecule has 178 valence electrons. The van der Waals surface area contributed by atoms with Gasteiger partial charge in [0, 0.05) is 52.2 Å². The molecule has 1 fully saturated rings. The van der Waals surface area contributed by atoms with Crippen LogP contribution in [0.5, 0.6) is 0 Å². The highest BCUT2D eigenvalue weighted by Gasteiger charge is 2.46. The second kappa shape index (κ2) is 8.99. The maximum Gasteiger partial charge on any atom is 0.158 e. The first-order chi connectivity index (χ1) is 16.3. The van der Waals surface area contributed by atoms with Gasteiger partial charge in [-0.25, -0.2) is 15.0 Å². The molecule has 11 heteroatoms. The van der Waals surface area contributed by atoms with Gasteiger partial charge in [0.05, 0.1) is 11.2 Å². The quantitative estimate of drug-likeness (QED) is 0.477. The summed E-state index contributed by atoms with van der Waals surface area (Å²) >= 11 is 7.56. The minimum absolute atomic E-state index is 0.0134. The fraction of sp³-hybridized carbons (Fsp3) is 0.348. The van der Waals surface area contributed by atoms with Crippen LogP contribution in [0.4, 0.5) is 17.5 Å². The summed E-state index contributed by atoms with van der Waals surface area (Å²) in [6.45, 7) is 1.64. The van der Waals surface area contributed by atoms with Crippen LogP contribution >= 0.6 is 23.4 Å². The Morgan fingerprint density at radius 3 is 2.65 bits per heavy atom. The first kappa shape index (κ1) is 23.3. The molecule has 2 aromatic heterocycles. The molecule has 6 N–H and O–H groups in total. The zero-order valence-corrected chi connectivity index (χ0v) is 21.1. The number of nitrogen functional groups attached to an aromatic ring is 2. The van der Waals surface area contributed by atoms with E-state index in [1.807, 2.05) is 12.1 Å². The molecule has 0 radical (unpaired) electrons. The van der Waals surface area contributed by atoms with Crippen molar-refractivity contribution >= 4 is 51.6 Å². The molecule has 1 unspecified atom stereocenters. The van der Waals surface area contributed by atoms with E-state index >= 15 is 0 Å². The topological polar surface area (TPSA) is 137 Å². The Balaban J connectivity index is 1.29. The van der Waals surface area contributed by atoms with Gasteiger partial charge in [-0.15, -0.1) is 0 Å². The monoisotopic (exact) mass is 515 g/mol. The second-order valence-electron chi connectivity index (χ2n) is 8.85. The van der Waals surface area contributed by atoms with Gasteiger partial charge in [0.2, 0.25) is 0 Å². The fourth-order valence-corrected chi connectivity index (χ4v) is 6.50. The number of halogens is 1. The Morgan fingerprint density at radius 2 is 1.94 bits per heavy atom. The average Bonchev–Trinajstić information content (AvgIpc) is 3.09. The van der Waals surface area contributed by atoms with Gasteiger partial charge in [-0.3, -0.25) is 4.21 Å². The van der Waals surface area contributed by atoms with E-state index in [1.54, 1.807) is 24.7 Å². The van der Waals surface area contributed by atoms with Gasteiger partial charge in [0.15, 0.2) is 5.82 Å². The van der Waals surface area contributed by atoms with Crippen LogP contribution in [-0.4, -0.2) is 38.5 Å². The molecule has 34 heavy (non-hydrogen) atoms. The summed E-state index contributed by atoms with van der Waals surface area (Å²) in [4.78, 5) is 16.9. The predicted molar refractivity (Wildman–Crippen MR) is 138 cm³/mol. The lowest BCUT2D eigenvalue weighted by atomic mass is 9.73. The van der Waals surface area contributed by atoms with E-state index in [1.165, 1.54) is 17.3 Å². The van der Waals surface area contributed by atoms with Crippen LogP contribution in [0, 0.1) is 5.41 Å². The molecule has 1 aliphatic heterocycles. The third-order valence-corrected chi connectivity index (χ3v) is 9.40. The number of fused-ring (bicyclic) bond motifs is 1. The van der Waals surface area contributed by atoms with Gasteiger partial charge in [-0.1, -0.05) is 29.4 Å². The smallest absolute Gasteiger partial charge is 0.158 e. The highest BCUT2D eigenvalue weighted by Crippen LogP contribution is 2.51. The number of pyridine rings is 1. The molecule has 0 amide bonds. The molecule has 8 nitrogen and oxygen atoms in total. The largest absolute Gasteiger partial charge is 0.382 e. The molecule has 0 bridgehead atoms. The fourth-order valence-electron chi connectivity index (χ4n) is 4.93. The first-order valence-corrected chi connectivity index (χ1v) is 13.7. The number of aromatic nitrogens is 3. The van der Waals surface area contributed by atoms with Crippen LogP contribution in [0.3, 0.4) is 0 Å². The summed E-state index contributed by atoms with van der Waals surface area (Å²) in [5.41, 5.74) is 21.2. The van der Waals surface area contributed by atoms with Gasteiger partial charge in [-0.2, -0.15) is 0 Å². The van der Waals surface area contributed by atoms with Crippen molar-refractivity contribution in [3.05, 3.63) is 52.8 Å². The molecule has 2 atom stereocenters. The van der Waals surface area contributed by atoms with Crippen molar-refractivity contribution in [1.82, 2.24) is 15.0 Å². The van der Waals surface area contributed by atoms with Gasteiger partial charge >= 0.3 is 0 Å². The van der Waals surface area contributed by atoms with E-state index in [-0.39, 0.29) is 17.3 Å². The molecule has 3 heterocycles. The van der Waals surface area contributed by atoms with Gasteiger partial charge in [0.1, 0.15) is 16.7 Å². The van der Waals surface area contributed by atoms with Crippen molar-refractivity contribution in [2.24, 2.45) is 11.1 Å². The molecule has 3 aromatic rings. The number of benzene rings is 1. The molecule has 5 rings (SSSR count). The summed E-state index contributed by atoms with van der Waals surface area (Å²) in [5, 5.41) is 0.951. The maximum absolute atomic E-state index is 11.9. The number of anilines is 3. The molecule has 1 saturated heterocycles. The van der Waals surface area contributed by atoms with Crippen LogP contribution in [-0.2, 0) is 17.2 Å². The number of nitrogens with zero attached hydrogens (tertiary/aromatic N) is 4. The minimum atomic E-state index is -1.01. The summed E-state index contributed by atoms with van der Waals surface area (Å²) < 4.78 is 11.9. The van der Waals surface area contributed by atoms with Crippen molar-refractivity contribution in [3.8, 4) is 0 Å². The Bertz CT molecular complexity index is 1280. The maximum atomic E-state index is 11.9. The molecule has 2 aliphatic rings. The third-order valence-electron chi connectivity index (χ3n) is 6.91. The number of piperidine rings is 1. The van der Waals surface area contributed by atoms with Crippen molar-refractivity contribution in [1.29, 1.82) is 0 Å². The summed E-state index contributed by atoms with van der Waals surface area (Å²) in [6.07, 6.45) is 7.89. The standard InChI is InChI=1S/C23H26ClN7OS2/c1-34(32)14-3-2-13-11-23(19(25)15(13)10-14)5-8-31(9-6-23)17-12-29-22(21(27)30-17)33-16-4-7-28-20(26)18(16)24/h2-4,7,10,12,19H,5-6,8-9,11,25H2,1H3,(H2,26,28)(H2,27,30)/t19-,34?/m1/s1.